The van der Waals surface area contributed by atoms with Gasteiger partial charge in [-0.3, -0.25) is 4.98 Å². The zero-order valence-corrected chi connectivity index (χ0v) is 12.8. The number of halogens is 1. The Morgan fingerprint density at radius 2 is 1.91 bits per heavy atom. The molecule has 0 atom stereocenters. The fraction of sp³-hybridized carbons (Fsp3) is 0.278. The number of pyridine rings is 1. The largest absolute Gasteiger partial charge is 0.338 e. The maximum absolute atomic E-state index is 13.2. The van der Waals surface area contributed by atoms with Gasteiger partial charge >= 0.3 is 0 Å². The van der Waals surface area contributed by atoms with E-state index in [4.69, 9.17) is 4.52 Å². The number of aryl methyl sites for hydroxylation is 1. The smallest absolute Gasteiger partial charge is 0.237 e. The summed E-state index contributed by atoms with van der Waals surface area (Å²) in [5.74, 6) is 0.945. The van der Waals surface area contributed by atoms with Crippen LogP contribution in [0.2, 0.25) is 0 Å². The molecule has 2 heterocycles. The van der Waals surface area contributed by atoms with Crippen molar-refractivity contribution in [3.63, 3.8) is 0 Å². The van der Waals surface area contributed by atoms with Crippen LogP contribution in [0.1, 0.15) is 36.4 Å². The van der Waals surface area contributed by atoms with E-state index in [1.165, 1.54) is 12.1 Å². The number of hydrogen-bond donors (Lipinski definition) is 0. The zero-order valence-electron chi connectivity index (χ0n) is 12.8. The molecule has 1 aromatic carbocycles. The number of hydrogen-bond acceptors (Lipinski definition) is 4. The first-order valence-electron chi connectivity index (χ1n) is 7.71. The molecule has 116 valence electrons. The molecule has 0 unspecified atom stereocenters. The first-order chi connectivity index (χ1) is 11.2. The molecule has 0 N–H and O–H groups in total. The van der Waals surface area contributed by atoms with Gasteiger partial charge in [0, 0.05) is 17.5 Å². The minimum Gasteiger partial charge on any atom is -0.338 e. The van der Waals surface area contributed by atoms with Crippen LogP contribution in [0.25, 0.3) is 11.4 Å². The van der Waals surface area contributed by atoms with Gasteiger partial charge in [0.15, 0.2) is 0 Å². The standard InChI is InChI=1S/C18H16FN3O/c1-12-11-13(7-10-20-12)16-21-17(23-22-16)18(8-2-9-18)14-3-5-15(19)6-4-14/h3-7,10-11H,2,8-9H2,1H3. The summed E-state index contributed by atoms with van der Waals surface area (Å²) < 4.78 is 18.8. The molecule has 1 saturated carbocycles. The Morgan fingerprint density at radius 3 is 2.57 bits per heavy atom. The second-order valence-electron chi connectivity index (χ2n) is 6.05. The fourth-order valence-corrected chi connectivity index (χ4v) is 3.15. The van der Waals surface area contributed by atoms with E-state index in [0.717, 1.165) is 36.1 Å². The van der Waals surface area contributed by atoms with Gasteiger partial charge in [-0.15, -0.1) is 0 Å². The lowest BCUT2D eigenvalue weighted by atomic mass is 9.64. The van der Waals surface area contributed by atoms with Gasteiger partial charge in [0.05, 0.1) is 5.41 Å². The Hall–Kier alpha value is -2.56. The van der Waals surface area contributed by atoms with Crippen LogP contribution in [0.5, 0.6) is 0 Å². The monoisotopic (exact) mass is 309 g/mol. The highest BCUT2D eigenvalue weighted by molar-refractivity contribution is 5.54. The third kappa shape index (κ3) is 2.32. The molecule has 0 spiro atoms. The molecular weight excluding hydrogens is 293 g/mol. The predicted molar refractivity (Wildman–Crippen MR) is 83.3 cm³/mol. The van der Waals surface area contributed by atoms with Gasteiger partial charge in [0.1, 0.15) is 5.82 Å². The number of aromatic nitrogens is 3. The van der Waals surface area contributed by atoms with E-state index < -0.39 is 0 Å². The average Bonchev–Trinajstić information content (AvgIpc) is 2.98. The molecule has 4 nitrogen and oxygen atoms in total. The van der Waals surface area contributed by atoms with E-state index in [9.17, 15) is 4.39 Å². The summed E-state index contributed by atoms with van der Waals surface area (Å²) in [7, 11) is 0. The average molecular weight is 309 g/mol. The maximum atomic E-state index is 13.2. The third-order valence-corrected chi connectivity index (χ3v) is 4.59. The summed E-state index contributed by atoms with van der Waals surface area (Å²) in [6, 6.07) is 10.4. The van der Waals surface area contributed by atoms with Crippen LogP contribution < -0.4 is 0 Å². The van der Waals surface area contributed by atoms with Crippen LogP contribution in [0.15, 0.2) is 47.1 Å². The molecule has 2 aromatic heterocycles. The lowest BCUT2D eigenvalue weighted by Gasteiger charge is -2.38. The minimum atomic E-state index is -0.277. The van der Waals surface area contributed by atoms with E-state index in [-0.39, 0.29) is 11.2 Å². The second-order valence-corrected chi connectivity index (χ2v) is 6.05. The first kappa shape index (κ1) is 14.1. The molecule has 1 aliphatic rings. The van der Waals surface area contributed by atoms with E-state index >= 15 is 0 Å². The van der Waals surface area contributed by atoms with Crippen molar-refractivity contribution in [1.29, 1.82) is 0 Å². The van der Waals surface area contributed by atoms with Gasteiger partial charge in [-0.25, -0.2) is 4.39 Å². The van der Waals surface area contributed by atoms with Gasteiger partial charge in [-0.05, 0) is 49.6 Å². The van der Waals surface area contributed by atoms with Crippen LogP contribution in [-0.2, 0) is 5.41 Å². The van der Waals surface area contributed by atoms with Gasteiger partial charge in [-0.1, -0.05) is 23.7 Å². The normalized spacial score (nSPS) is 16.1. The summed E-state index contributed by atoms with van der Waals surface area (Å²) in [5.41, 5.74) is 2.55. The first-order valence-corrected chi connectivity index (χ1v) is 7.71. The molecule has 0 radical (unpaired) electrons. The van der Waals surface area contributed by atoms with Gasteiger partial charge < -0.3 is 4.52 Å². The lowest BCUT2D eigenvalue weighted by molar-refractivity contribution is 0.216. The highest BCUT2D eigenvalue weighted by atomic mass is 19.1. The molecule has 0 saturated heterocycles. The topological polar surface area (TPSA) is 51.8 Å². The van der Waals surface area contributed by atoms with Crippen molar-refractivity contribution >= 4 is 0 Å². The highest BCUT2D eigenvalue weighted by Crippen LogP contribution is 2.48. The van der Waals surface area contributed by atoms with Gasteiger partial charge in [-0.2, -0.15) is 4.98 Å². The molecule has 23 heavy (non-hydrogen) atoms. The Bertz CT molecular complexity index is 837. The molecule has 0 aliphatic heterocycles. The molecule has 1 aliphatic carbocycles. The minimum absolute atomic E-state index is 0.235. The van der Waals surface area contributed by atoms with E-state index in [0.29, 0.717) is 11.7 Å². The SMILES string of the molecule is Cc1cc(-c2noc(C3(c4ccc(F)cc4)CCC3)n2)ccn1. The van der Waals surface area contributed by atoms with Crippen molar-refractivity contribution in [1.82, 2.24) is 15.1 Å². The molecule has 3 aromatic rings. The van der Waals surface area contributed by atoms with Crippen LogP contribution in [0, 0.1) is 12.7 Å². The number of benzene rings is 1. The lowest BCUT2D eigenvalue weighted by Crippen LogP contribution is -2.35. The van der Waals surface area contributed by atoms with Gasteiger partial charge in [0.25, 0.3) is 0 Å². The summed E-state index contributed by atoms with van der Waals surface area (Å²) in [4.78, 5) is 8.80. The highest BCUT2D eigenvalue weighted by Gasteiger charge is 2.45. The van der Waals surface area contributed by atoms with Crippen molar-refractivity contribution in [3.8, 4) is 11.4 Å². The van der Waals surface area contributed by atoms with E-state index in [1.807, 2.05) is 31.2 Å². The van der Waals surface area contributed by atoms with Crippen molar-refractivity contribution < 1.29 is 8.91 Å². The molecule has 5 heteroatoms. The number of nitrogens with zero attached hydrogens (tertiary/aromatic N) is 3. The van der Waals surface area contributed by atoms with Gasteiger partial charge in [0.2, 0.25) is 11.7 Å². The summed E-state index contributed by atoms with van der Waals surface area (Å²) in [5, 5.41) is 4.13. The van der Waals surface area contributed by atoms with Crippen molar-refractivity contribution in [2.75, 3.05) is 0 Å². The van der Waals surface area contributed by atoms with E-state index in [2.05, 4.69) is 15.1 Å². The van der Waals surface area contributed by atoms with Crippen LogP contribution in [0.3, 0.4) is 0 Å². The molecule has 0 bridgehead atoms. The zero-order chi connectivity index (χ0) is 15.9. The fourth-order valence-electron chi connectivity index (χ4n) is 3.15. The molecule has 1 fully saturated rings. The molecule has 4 rings (SSSR count). The second kappa shape index (κ2) is 5.26. The van der Waals surface area contributed by atoms with Crippen LogP contribution >= 0.6 is 0 Å². The van der Waals surface area contributed by atoms with Crippen molar-refractivity contribution in [2.24, 2.45) is 0 Å². The predicted octanol–water partition coefficient (Wildman–Crippen LogP) is 4.05. The van der Waals surface area contributed by atoms with E-state index in [1.54, 1.807) is 6.20 Å². The van der Waals surface area contributed by atoms with Crippen molar-refractivity contribution in [2.45, 2.75) is 31.6 Å². The summed E-state index contributed by atoms with van der Waals surface area (Å²) in [6.07, 6.45) is 4.72. The maximum Gasteiger partial charge on any atom is 0.237 e. The quantitative estimate of drug-likeness (QED) is 0.732. The van der Waals surface area contributed by atoms with Crippen LogP contribution in [0.4, 0.5) is 4.39 Å². The third-order valence-electron chi connectivity index (χ3n) is 4.59. The number of rotatable bonds is 3. The Morgan fingerprint density at radius 1 is 1.13 bits per heavy atom. The summed E-state index contributed by atoms with van der Waals surface area (Å²) >= 11 is 0. The summed E-state index contributed by atoms with van der Waals surface area (Å²) in [6.45, 7) is 1.93. The molecule has 0 amide bonds. The Labute approximate surface area is 133 Å². The Balaban J connectivity index is 1.73. The van der Waals surface area contributed by atoms with Crippen molar-refractivity contribution in [3.05, 3.63) is 65.6 Å². The Kier molecular flexibility index (Phi) is 3.22. The van der Waals surface area contributed by atoms with Crippen LogP contribution in [-0.4, -0.2) is 15.1 Å². The molecular formula is C18H16FN3O.